The topological polar surface area (TPSA) is 42.2 Å². The summed E-state index contributed by atoms with van der Waals surface area (Å²) in [4.78, 5) is 8.21. The molecule has 0 radical (unpaired) electrons. The molecular formula is C13H15N3S. The molecule has 0 bridgehead atoms. The first-order valence-electron chi connectivity index (χ1n) is 5.77. The summed E-state index contributed by atoms with van der Waals surface area (Å²) < 4.78 is 0. The first-order valence-corrected chi connectivity index (χ1v) is 6.65. The van der Waals surface area contributed by atoms with E-state index in [0.29, 0.717) is 0 Å². The Bertz CT molecular complexity index is 547. The van der Waals surface area contributed by atoms with Gasteiger partial charge in [-0.2, -0.15) is 0 Å². The van der Waals surface area contributed by atoms with Gasteiger partial charge in [-0.3, -0.25) is 0 Å². The number of aromatic nitrogens is 1. The maximum atomic E-state index is 6.11. The number of rotatable bonds is 1. The highest BCUT2D eigenvalue weighted by atomic mass is 32.1. The number of anilines is 2. The van der Waals surface area contributed by atoms with Gasteiger partial charge >= 0.3 is 0 Å². The lowest BCUT2D eigenvalue weighted by Crippen LogP contribution is -2.30. The van der Waals surface area contributed by atoms with E-state index < -0.39 is 0 Å². The molecule has 2 N–H and O–H groups in total. The first-order chi connectivity index (χ1) is 8.25. The third kappa shape index (κ3) is 1.78. The van der Waals surface area contributed by atoms with E-state index in [1.807, 2.05) is 30.5 Å². The van der Waals surface area contributed by atoms with Crippen molar-refractivity contribution in [3.63, 3.8) is 0 Å². The highest BCUT2D eigenvalue weighted by molar-refractivity contribution is 7.10. The van der Waals surface area contributed by atoms with Crippen LogP contribution in [0.5, 0.6) is 0 Å². The van der Waals surface area contributed by atoms with Gasteiger partial charge in [-0.05, 0) is 42.0 Å². The zero-order valence-corrected chi connectivity index (χ0v) is 10.6. The molecule has 3 rings (SSSR count). The van der Waals surface area contributed by atoms with Crippen LogP contribution in [0.3, 0.4) is 0 Å². The van der Waals surface area contributed by atoms with Crippen molar-refractivity contribution in [3.8, 4) is 0 Å². The zero-order valence-electron chi connectivity index (χ0n) is 9.81. The molecule has 3 heterocycles. The van der Waals surface area contributed by atoms with Crippen molar-refractivity contribution in [1.29, 1.82) is 0 Å². The molecular weight excluding hydrogens is 230 g/mol. The monoisotopic (exact) mass is 245 g/mol. The van der Waals surface area contributed by atoms with E-state index in [-0.39, 0.29) is 0 Å². The standard InChI is InChI=1S/C13H15N3S/c1-9-2-5-15-13(12(9)14)16-6-3-11-10(8-16)4-7-17-11/h2,4-5,7H,3,6,8,14H2,1H3. The molecule has 1 aliphatic rings. The lowest BCUT2D eigenvalue weighted by Gasteiger charge is -2.29. The largest absolute Gasteiger partial charge is 0.396 e. The molecule has 0 spiro atoms. The Morgan fingerprint density at radius 1 is 1.41 bits per heavy atom. The van der Waals surface area contributed by atoms with Crippen molar-refractivity contribution in [2.75, 3.05) is 17.2 Å². The average Bonchev–Trinajstić information content (AvgIpc) is 2.79. The number of aryl methyl sites for hydroxylation is 1. The molecule has 0 saturated carbocycles. The smallest absolute Gasteiger partial charge is 0.152 e. The van der Waals surface area contributed by atoms with Gasteiger partial charge in [-0.25, -0.2) is 4.98 Å². The van der Waals surface area contributed by atoms with E-state index in [0.717, 1.165) is 36.6 Å². The van der Waals surface area contributed by atoms with Crippen LogP contribution in [0.1, 0.15) is 16.0 Å². The van der Waals surface area contributed by atoms with Gasteiger partial charge in [-0.1, -0.05) is 0 Å². The molecule has 2 aromatic rings. The number of hydrogen-bond donors (Lipinski definition) is 1. The Labute approximate surface area is 105 Å². The van der Waals surface area contributed by atoms with Crippen LogP contribution in [0.2, 0.25) is 0 Å². The molecule has 0 aromatic carbocycles. The molecule has 0 amide bonds. The summed E-state index contributed by atoms with van der Waals surface area (Å²) in [6.45, 7) is 3.97. The highest BCUT2D eigenvalue weighted by Gasteiger charge is 2.20. The van der Waals surface area contributed by atoms with E-state index in [1.54, 1.807) is 0 Å². The molecule has 0 atom stereocenters. The fourth-order valence-electron chi connectivity index (χ4n) is 2.24. The first kappa shape index (κ1) is 10.6. The van der Waals surface area contributed by atoms with Gasteiger partial charge in [-0.15, -0.1) is 11.3 Å². The summed E-state index contributed by atoms with van der Waals surface area (Å²) in [5, 5.41) is 2.17. The normalized spacial score (nSPS) is 14.8. The lowest BCUT2D eigenvalue weighted by atomic mass is 10.1. The molecule has 0 aliphatic carbocycles. The Kier molecular flexibility index (Phi) is 2.52. The van der Waals surface area contributed by atoms with Gasteiger partial charge in [0.1, 0.15) is 0 Å². The fraction of sp³-hybridized carbons (Fsp3) is 0.308. The van der Waals surface area contributed by atoms with Crippen molar-refractivity contribution in [3.05, 3.63) is 39.7 Å². The van der Waals surface area contributed by atoms with E-state index in [9.17, 15) is 0 Å². The van der Waals surface area contributed by atoms with Crippen LogP contribution in [-0.4, -0.2) is 11.5 Å². The maximum absolute atomic E-state index is 6.11. The van der Waals surface area contributed by atoms with Crippen molar-refractivity contribution >= 4 is 22.8 Å². The molecule has 0 unspecified atom stereocenters. The minimum atomic E-state index is 0.811. The summed E-state index contributed by atoms with van der Waals surface area (Å²) in [7, 11) is 0. The molecule has 0 saturated heterocycles. The third-order valence-corrected chi connectivity index (χ3v) is 4.32. The SMILES string of the molecule is Cc1ccnc(N2CCc3sccc3C2)c1N. The predicted molar refractivity (Wildman–Crippen MR) is 72.5 cm³/mol. The average molecular weight is 245 g/mol. The fourth-order valence-corrected chi connectivity index (χ4v) is 3.13. The van der Waals surface area contributed by atoms with E-state index in [1.165, 1.54) is 10.4 Å². The Hall–Kier alpha value is -1.55. The quantitative estimate of drug-likeness (QED) is 0.839. The summed E-state index contributed by atoms with van der Waals surface area (Å²) in [6, 6.07) is 4.16. The molecule has 2 aromatic heterocycles. The van der Waals surface area contributed by atoms with Gasteiger partial charge in [0.15, 0.2) is 5.82 Å². The van der Waals surface area contributed by atoms with Crippen molar-refractivity contribution < 1.29 is 0 Å². The third-order valence-electron chi connectivity index (χ3n) is 3.29. The predicted octanol–water partition coefficient (Wildman–Crippen LogP) is 2.60. The number of nitrogen functional groups attached to an aromatic ring is 1. The minimum Gasteiger partial charge on any atom is -0.396 e. The Morgan fingerprint density at radius 3 is 3.18 bits per heavy atom. The minimum absolute atomic E-state index is 0.811. The summed E-state index contributed by atoms with van der Waals surface area (Å²) >= 11 is 1.85. The number of nitrogens with two attached hydrogens (primary N) is 1. The van der Waals surface area contributed by atoms with Crippen LogP contribution >= 0.6 is 11.3 Å². The maximum Gasteiger partial charge on any atom is 0.152 e. The molecule has 17 heavy (non-hydrogen) atoms. The van der Waals surface area contributed by atoms with Crippen LogP contribution in [0.15, 0.2) is 23.7 Å². The van der Waals surface area contributed by atoms with Crippen molar-refractivity contribution in [2.24, 2.45) is 0 Å². The van der Waals surface area contributed by atoms with Crippen LogP contribution in [-0.2, 0) is 13.0 Å². The van der Waals surface area contributed by atoms with Crippen LogP contribution in [0.25, 0.3) is 0 Å². The summed E-state index contributed by atoms with van der Waals surface area (Å²) in [5.74, 6) is 0.932. The van der Waals surface area contributed by atoms with Crippen molar-refractivity contribution in [2.45, 2.75) is 19.9 Å². The van der Waals surface area contributed by atoms with Gasteiger partial charge in [0.2, 0.25) is 0 Å². The number of nitrogens with zero attached hydrogens (tertiary/aromatic N) is 2. The Balaban J connectivity index is 1.94. The molecule has 4 heteroatoms. The van der Waals surface area contributed by atoms with E-state index >= 15 is 0 Å². The second kappa shape index (κ2) is 4.04. The Morgan fingerprint density at radius 2 is 2.29 bits per heavy atom. The molecule has 1 aliphatic heterocycles. The summed E-state index contributed by atoms with van der Waals surface area (Å²) in [5.41, 5.74) is 9.44. The van der Waals surface area contributed by atoms with Gasteiger partial charge in [0, 0.05) is 24.2 Å². The number of thiophene rings is 1. The number of hydrogen-bond acceptors (Lipinski definition) is 4. The second-order valence-corrected chi connectivity index (χ2v) is 5.41. The van der Waals surface area contributed by atoms with Crippen LogP contribution in [0.4, 0.5) is 11.5 Å². The molecule has 88 valence electrons. The lowest BCUT2D eigenvalue weighted by molar-refractivity contribution is 0.733. The zero-order chi connectivity index (χ0) is 11.8. The van der Waals surface area contributed by atoms with Gasteiger partial charge in [0.25, 0.3) is 0 Å². The van der Waals surface area contributed by atoms with E-state index in [4.69, 9.17) is 5.73 Å². The summed E-state index contributed by atoms with van der Waals surface area (Å²) in [6.07, 6.45) is 2.94. The van der Waals surface area contributed by atoms with Crippen LogP contribution in [0, 0.1) is 6.92 Å². The van der Waals surface area contributed by atoms with E-state index in [2.05, 4.69) is 21.3 Å². The number of fused-ring (bicyclic) bond motifs is 1. The van der Waals surface area contributed by atoms with Gasteiger partial charge < -0.3 is 10.6 Å². The van der Waals surface area contributed by atoms with Gasteiger partial charge in [0.05, 0.1) is 5.69 Å². The molecule has 3 nitrogen and oxygen atoms in total. The second-order valence-electron chi connectivity index (χ2n) is 4.41. The molecule has 0 fully saturated rings. The van der Waals surface area contributed by atoms with Crippen molar-refractivity contribution in [1.82, 2.24) is 4.98 Å². The highest BCUT2D eigenvalue weighted by Crippen LogP contribution is 2.30. The number of pyridine rings is 1. The van der Waals surface area contributed by atoms with Crippen LogP contribution < -0.4 is 10.6 Å².